The van der Waals surface area contributed by atoms with Crippen molar-refractivity contribution < 1.29 is 13.7 Å². The Labute approximate surface area is 116 Å². The first kappa shape index (κ1) is 14.7. The van der Waals surface area contributed by atoms with Crippen LogP contribution in [0.25, 0.3) is 0 Å². The quantitative estimate of drug-likeness (QED) is 0.649. The molecule has 0 aromatic heterocycles. The van der Waals surface area contributed by atoms with Crippen LogP contribution < -0.4 is 5.32 Å². The number of nitrogens with zero attached hydrogens (tertiary/aromatic N) is 1. The van der Waals surface area contributed by atoms with Crippen molar-refractivity contribution in [3.8, 4) is 0 Å². The first-order valence-electron chi connectivity index (χ1n) is 6.96. The van der Waals surface area contributed by atoms with Gasteiger partial charge in [0.25, 0.3) is 5.69 Å². The molecule has 1 aliphatic rings. The molecule has 2 rings (SSSR count). The summed E-state index contributed by atoms with van der Waals surface area (Å²) in [7, 11) is 0. The third-order valence-corrected chi connectivity index (χ3v) is 3.85. The largest absolute Gasteiger partial charge is 0.377 e. The Balaban J connectivity index is 2.00. The van der Waals surface area contributed by atoms with Crippen LogP contribution in [-0.2, 0) is 0 Å². The highest BCUT2D eigenvalue weighted by Gasteiger charge is 2.21. The molecule has 6 heteroatoms. The van der Waals surface area contributed by atoms with E-state index in [1.165, 1.54) is 19.3 Å². The van der Waals surface area contributed by atoms with Crippen LogP contribution in [0.2, 0.25) is 0 Å². The molecule has 0 spiro atoms. The van der Waals surface area contributed by atoms with E-state index >= 15 is 0 Å². The molecule has 0 amide bonds. The predicted molar refractivity (Wildman–Crippen MR) is 72.7 cm³/mol. The highest BCUT2D eigenvalue weighted by Crippen LogP contribution is 2.30. The number of benzene rings is 1. The van der Waals surface area contributed by atoms with Gasteiger partial charge in [-0.05, 0) is 18.4 Å². The van der Waals surface area contributed by atoms with Gasteiger partial charge in [0, 0.05) is 12.6 Å². The highest BCUT2D eigenvalue weighted by molar-refractivity contribution is 5.62. The van der Waals surface area contributed by atoms with Gasteiger partial charge in [-0.15, -0.1) is 0 Å². The Bertz CT molecular complexity index is 488. The zero-order chi connectivity index (χ0) is 14.5. The van der Waals surface area contributed by atoms with Crippen LogP contribution in [0, 0.1) is 27.7 Å². The van der Waals surface area contributed by atoms with E-state index in [2.05, 4.69) is 5.32 Å². The van der Waals surface area contributed by atoms with Crippen LogP contribution in [-0.4, -0.2) is 11.5 Å². The topological polar surface area (TPSA) is 55.2 Å². The Hall–Kier alpha value is -1.72. The van der Waals surface area contributed by atoms with Gasteiger partial charge >= 0.3 is 0 Å². The van der Waals surface area contributed by atoms with Gasteiger partial charge in [0.2, 0.25) is 0 Å². The average Bonchev–Trinajstić information content (AvgIpc) is 2.44. The lowest BCUT2D eigenvalue weighted by Crippen LogP contribution is -2.14. The number of halogens is 2. The lowest BCUT2D eigenvalue weighted by atomic mass is 9.87. The molecule has 0 aliphatic heterocycles. The molecular formula is C14H18F2N2O2. The average molecular weight is 284 g/mol. The van der Waals surface area contributed by atoms with Crippen LogP contribution in [0.1, 0.15) is 38.5 Å². The van der Waals surface area contributed by atoms with Crippen LogP contribution >= 0.6 is 0 Å². The summed E-state index contributed by atoms with van der Waals surface area (Å²) in [6.07, 6.45) is 6.80. The minimum Gasteiger partial charge on any atom is -0.377 e. The van der Waals surface area contributed by atoms with Crippen molar-refractivity contribution in [2.45, 2.75) is 38.5 Å². The van der Waals surface area contributed by atoms with Crippen molar-refractivity contribution in [2.24, 2.45) is 5.92 Å². The van der Waals surface area contributed by atoms with Gasteiger partial charge in [-0.2, -0.15) is 0 Å². The first-order valence-corrected chi connectivity index (χ1v) is 6.96. The second-order valence-corrected chi connectivity index (χ2v) is 5.23. The molecule has 110 valence electrons. The van der Waals surface area contributed by atoms with Gasteiger partial charge in [0.15, 0.2) is 17.3 Å². The maximum absolute atomic E-state index is 13.6. The molecule has 0 atom stereocenters. The van der Waals surface area contributed by atoms with E-state index in [1.54, 1.807) is 0 Å². The van der Waals surface area contributed by atoms with Crippen molar-refractivity contribution in [1.82, 2.24) is 0 Å². The number of hydrogen-bond donors (Lipinski definition) is 1. The standard InChI is InChI=1S/C14H18F2N2O2/c15-11-6-7-12(18(19)20)14(13(11)16)17-9-8-10-4-2-1-3-5-10/h6-7,10,17H,1-5,8-9H2. The predicted octanol–water partition coefficient (Wildman–Crippen LogP) is 4.26. The smallest absolute Gasteiger partial charge is 0.295 e. The minimum atomic E-state index is -1.18. The van der Waals surface area contributed by atoms with Crippen molar-refractivity contribution >= 4 is 11.4 Å². The summed E-state index contributed by atoms with van der Waals surface area (Å²) >= 11 is 0. The Morgan fingerprint density at radius 3 is 2.60 bits per heavy atom. The number of nitro benzene ring substituents is 1. The van der Waals surface area contributed by atoms with E-state index in [-0.39, 0.29) is 5.69 Å². The third-order valence-electron chi connectivity index (χ3n) is 3.85. The van der Waals surface area contributed by atoms with Gasteiger partial charge in [-0.1, -0.05) is 32.1 Å². The highest BCUT2D eigenvalue weighted by atomic mass is 19.2. The van der Waals surface area contributed by atoms with Crippen molar-refractivity contribution in [2.75, 3.05) is 11.9 Å². The van der Waals surface area contributed by atoms with Gasteiger partial charge in [-0.25, -0.2) is 8.78 Å². The number of nitrogens with one attached hydrogen (secondary N) is 1. The van der Waals surface area contributed by atoms with Gasteiger partial charge in [0.1, 0.15) is 0 Å². The SMILES string of the molecule is O=[N+]([O-])c1ccc(F)c(F)c1NCCC1CCCCC1. The molecule has 1 aliphatic carbocycles. The summed E-state index contributed by atoms with van der Waals surface area (Å²) in [5, 5.41) is 13.5. The number of rotatable bonds is 5. The molecule has 0 radical (unpaired) electrons. The molecule has 4 nitrogen and oxygen atoms in total. The monoisotopic (exact) mass is 284 g/mol. The fourth-order valence-electron chi connectivity index (χ4n) is 2.74. The van der Waals surface area contributed by atoms with Crippen molar-refractivity contribution in [1.29, 1.82) is 0 Å². The van der Waals surface area contributed by atoms with E-state index < -0.39 is 22.2 Å². The normalized spacial score (nSPS) is 16.1. The maximum atomic E-state index is 13.6. The molecule has 0 saturated heterocycles. The van der Waals surface area contributed by atoms with E-state index in [0.29, 0.717) is 12.5 Å². The number of anilines is 1. The maximum Gasteiger partial charge on any atom is 0.295 e. The lowest BCUT2D eigenvalue weighted by Gasteiger charge is -2.21. The summed E-state index contributed by atoms with van der Waals surface area (Å²) in [6.45, 7) is 0.423. The van der Waals surface area contributed by atoms with E-state index in [1.807, 2.05) is 0 Å². The second kappa shape index (κ2) is 6.63. The Kier molecular flexibility index (Phi) is 4.87. The fourth-order valence-corrected chi connectivity index (χ4v) is 2.74. The lowest BCUT2D eigenvalue weighted by molar-refractivity contribution is -0.384. The summed E-state index contributed by atoms with van der Waals surface area (Å²) in [4.78, 5) is 10.1. The molecule has 1 fully saturated rings. The summed E-state index contributed by atoms with van der Waals surface area (Å²) < 4.78 is 26.8. The summed E-state index contributed by atoms with van der Waals surface area (Å²) in [5.74, 6) is -1.68. The molecule has 1 aromatic rings. The van der Waals surface area contributed by atoms with Crippen LogP contribution in [0.5, 0.6) is 0 Å². The molecule has 0 heterocycles. The summed E-state index contributed by atoms with van der Waals surface area (Å²) in [5.41, 5.74) is -0.765. The second-order valence-electron chi connectivity index (χ2n) is 5.23. The molecular weight excluding hydrogens is 266 g/mol. The van der Waals surface area contributed by atoms with Crippen molar-refractivity contribution in [3.05, 3.63) is 33.9 Å². The molecule has 1 saturated carbocycles. The van der Waals surface area contributed by atoms with E-state index in [4.69, 9.17) is 0 Å². The first-order chi connectivity index (χ1) is 9.59. The third kappa shape index (κ3) is 3.43. The molecule has 1 aromatic carbocycles. The Morgan fingerprint density at radius 2 is 1.95 bits per heavy atom. The van der Waals surface area contributed by atoms with Gasteiger partial charge in [0.05, 0.1) is 4.92 Å². The van der Waals surface area contributed by atoms with Crippen LogP contribution in [0.4, 0.5) is 20.2 Å². The molecule has 1 N–H and O–H groups in total. The van der Waals surface area contributed by atoms with Gasteiger partial charge in [-0.3, -0.25) is 10.1 Å². The van der Waals surface area contributed by atoms with E-state index in [9.17, 15) is 18.9 Å². The van der Waals surface area contributed by atoms with Gasteiger partial charge < -0.3 is 5.32 Å². The Morgan fingerprint density at radius 1 is 1.25 bits per heavy atom. The molecule has 0 bridgehead atoms. The van der Waals surface area contributed by atoms with E-state index in [0.717, 1.165) is 31.4 Å². The zero-order valence-corrected chi connectivity index (χ0v) is 11.2. The molecule has 0 unspecified atom stereocenters. The number of hydrogen-bond acceptors (Lipinski definition) is 3. The number of nitro groups is 1. The molecule has 20 heavy (non-hydrogen) atoms. The fraction of sp³-hybridized carbons (Fsp3) is 0.571. The van der Waals surface area contributed by atoms with Crippen molar-refractivity contribution in [3.63, 3.8) is 0 Å². The van der Waals surface area contributed by atoms with Crippen LogP contribution in [0.3, 0.4) is 0 Å². The minimum absolute atomic E-state index is 0.342. The zero-order valence-electron chi connectivity index (χ0n) is 11.2. The van der Waals surface area contributed by atoms with Crippen LogP contribution in [0.15, 0.2) is 12.1 Å². The summed E-state index contributed by atoms with van der Waals surface area (Å²) in [6, 6.07) is 1.77.